The van der Waals surface area contributed by atoms with E-state index >= 15 is 0 Å². The molecule has 1 atom stereocenters. The quantitative estimate of drug-likeness (QED) is 0.762. The van der Waals surface area contributed by atoms with Gasteiger partial charge in [0.2, 0.25) is 5.91 Å². The van der Waals surface area contributed by atoms with Crippen LogP contribution in [0.4, 0.5) is 4.39 Å². The average molecular weight is 385 g/mol. The van der Waals surface area contributed by atoms with Gasteiger partial charge in [-0.05, 0) is 17.7 Å². The maximum atomic E-state index is 13.7. The molecule has 148 valence electrons. The van der Waals surface area contributed by atoms with Crippen LogP contribution in [0.3, 0.4) is 0 Å². The van der Waals surface area contributed by atoms with Crippen LogP contribution in [0.2, 0.25) is 0 Å². The molecule has 0 bridgehead atoms. The van der Waals surface area contributed by atoms with Crippen molar-refractivity contribution in [1.29, 1.82) is 0 Å². The van der Waals surface area contributed by atoms with Crippen molar-refractivity contribution in [1.82, 2.24) is 15.5 Å². The van der Waals surface area contributed by atoms with E-state index in [2.05, 4.69) is 15.5 Å². The van der Waals surface area contributed by atoms with Gasteiger partial charge in [0.1, 0.15) is 5.82 Å². The van der Waals surface area contributed by atoms with E-state index < -0.39 is 11.7 Å². The number of carbonyl (C=O) groups excluding carboxylic acids is 2. The molecule has 0 radical (unpaired) electrons. The first-order valence-electron chi connectivity index (χ1n) is 9.30. The maximum absolute atomic E-state index is 13.7. The van der Waals surface area contributed by atoms with Gasteiger partial charge in [0, 0.05) is 19.6 Å². The Balaban J connectivity index is 1.59. The van der Waals surface area contributed by atoms with Crippen LogP contribution < -0.4 is 10.6 Å². The molecule has 2 amide bonds. The van der Waals surface area contributed by atoms with Crippen molar-refractivity contribution in [3.05, 3.63) is 71.5 Å². The SMILES string of the molecule is O=C(CNC(=O)c1ccccc1F)N[C@@H](CN1CCOCC1)c1ccccc1. The van der Waals surface area contributed by atoms with Crippen LogP contribution in [0.15, 0.2) is 54.6 Å². The fraction of sp³-hybridized carbons (Fsp3) is 0.333. The Morgan fingerprint density at radius 1 is 1.04 bits per heavy atom. The van der Waals surface area contributed by atoms with Crippen LogP contribution >= 0.6 is 0 Å². The smallest absolute Gasteiger partial charge is 0.254 e. The Morgan fingerprint density at radius 3 is 2.43 bits per heavy atom. The van der Waals surface area contributed by atoms with E-state index in [-0.39, 0.29) is 24.1 Å². The van der Waals surface area contributed by atoms with Crippen LogP contribution in [-0.2, 0) is 9.53 Å². The fourth-order valence-corrected chi connectivity index (χ4v) is 3.11. The minimum Gasteiger partial charge on any atom is -0.379 e. The van der Waals surface area contributed by atoms with Crippen LogP contribution in [0.25, 0.3) is 0 Å². The number of carbonyl (C=O) groups is 2. The molecule has 2 aromatic carbocycles. The zero-order valence-corrected chi connectivity index (χ0v) is 15.6. The van der Waals surface area contributed by atoms with Gasteiger partial charge in [0.05, 0.1) is 31.4 Å². The number of nitrogens with one attached hydrogen (secondary N) is 2. The van der Waals surface area contributed by atoms with Gasteiger partial charge in [-0.1, -0.05) is 42.5 Å². The monoisotopic (exact) mass is 385 g/mol. The Bertz CT molecular complexity index is 794. The van der Waals surface area contributed by atoms with Gasteiger partial charge >= 0.3 is 0 Å². The highest BCUT2D eigenvalue weighted by Gasteiger charge is 2.20. The van der Waals surface area contributed by atoms with Crippen molar-refractivity contribution in [2.75, 3.05) is 39.4 Å². The second kappa shape index (κ2) is 9.96. The molecule has 0 aliphatic carbocycles. The van der Waals surface area contributed by atoms with Crippen molar-refractivity contribution >= 4 is 11.8 Å². The lowest BCUT2D eigenvalue weighted by molar-refractivity contribution is -0.121. The predicted octanol–water partition coefficient (Wildman–Crippen LogP) is 1.75. The molecule has 28 heavy (non-hydrogen) atoms. The van der Waals surface area contributed by atoms with E-state index in [9.17, 15) is 14.0 Å². The Hall–Kier alpha value is -2.77. The lowest BCUT2D eigenvalue weighted by atomic mass is 10.1. The highest BCUT2D eigenvalue weighted by Crippen LogP contribution is 2.15. The summed E-state index contributed by atoms with van der Waals surface area (Å²) in [7, 11) is 0. The molecule has 0 aromatic heterocycles. The van der Waals surface area contributed by atoms with E-state index in [1.54, 1.807) is 6.07 Å². The van der Waals surface area contributed by atoms with Gasteiger partial charge in [0.25, 0.3) is 5.91 Å². The molecular formula is C21H24FN3O3. The van der Waals surface area contributed by atoms with E-state index in [0.29, 0.717) is 19.8 Å². The van der Waals surface area contributed by atoms with Crippen LogP contribution in [0.5, 0.6) is 0 Å². The van der Waals surface area contributed by atoms with Crippen molar-refractivity contribution in [3.63, 3.8) is 0 Å². The van der Waals surface area contributed by atoms with Gasteiger partial charge in [-0.3, -0.25) is 14.5 Å². The summed E-state index contributed by atoms with van der Waals surface area (Å²) in [5.74, 6) is -1.56. The number of hydrogen-bond donors (Lipinski definition) is 2. The summed E-state index contributed by atoms with van der Waals surface area (Å²) in [4.78, 5) is 26.8. The number of benzene rings is 2. The van der Waals surface area contributed by atoms with Gasteiger partial charge in [-0.15, -0.1) is 0 Å². The first-order valence-corrected chi connectivity index (χ1v) is 9.30. The zero-order valence-electron chi connectivity index (χ0n) is 15.6. The minimum absolute atomic E-state index is 0.0803. The van der Waals surface area contributed by atoms with E-state index in [4.69, 9.17) is 4.74 Å². The fourth-order valence-electron chi connectivity index (χ4n) is 3.11. The van der Waals surface area contributed by atoms with Gasteiger partial charge < -0.3 is 15.4 Å². The Labute approximate surface area is 163 Å². The van der Waals surface area contributed by atoms with Gasteiger partial charge in [-0.25, -0.2) is 4.39 Å². The largest absolute Gasteiger partial charge is 0.379 e. The molecule has 3 rings (SSSR count). The second-order valence-corrected chi connectivity index (χ2v) is 6.61. The lowest BCUT2D eigenvalue weighted by Crippen LogP contribution is -2.45. The summed E-state index contributed by atoms with van der Waals surface area (Å²) in [6, 6.07) is 15.2. The number of halogens is 1. The third kappa shape index (κ3) is 5.61. The van der Waals surface area contributed by atoms with Gasteiger partial charge in [-0.2, -0.15) is 0 Å². The van der Waals surface area contributed by atoms with Gasteiger partial charge in [0.15, 0.2) is 0 Å². The predicted molar refractivity (Wildman–Crippen MR) is 103 cm³/mol. The molecule has 2 N–H and O–H groups in total. The first-order chi connectivity index (χ1) is 13.6. The second-order valence-electron chi connectivity index (χ2n) is 6.61. The number of amides is 2. The number of hydrogen-bond acceptors (Lipinski definition) is 4. The normalized spacial score (nSPS) is 15.6. The molecule has 1 saturated heterocycles. The van der Waals surface area contributed by atoms with Crippen molar-refractivity contribution in [3.8, 4) is 0 Å². The molecule has 1 aliphatic rings. The molecule has 2 aromatic rings. The van der Waals surface area contributed by atoms with Crippen LogP contribution in [0.1, 0.15) is 22.0 Å². The highest BCUT2D eigenvalue weighted by molar-refractivity contribution is 5.96. The Kier molecular flexibility index (Phi) is 7.11. The topological polar surface area (TPSA) is 70.7 Å². The molecule has 0 saturated carbocycles. The van der Waals surface area contributed by atoms with E-state index in [1.807, 2.05) is 30.3 Å². The molecule has 7 heteroatoms. The van der Waals surface area contributed by atoms with Crippen LogP contribution in [0, 0.1) is 5.82 Å². The molecule has 1 heterocycles. The number of nitrogens with zero attached hydrogens (tertiary/aromatic N) is 1. The third-order valence-electron chi connectivity index (χ3n) is 4.61. The van der Waals surface area contributed by atoms with E-state index in [0.717, 1.165) is 18.7 Å². The first kappa shape index (κ1) is 20.0. The van der Waals surface area contributed by atoms with E-state index in [1.165, 1.54) is 18.2 Å². The minimum atomic E-state index is -0.616. The number of ether oxygens (including phenoxy) is 1. The summed E-state index contributed by atoms with van der Waals surface area (Å²) >= 11 is 0. The number of morpholine rings is 1. The molecule has 1 aliphatic heterocycles. The molecule has 6 nitrogen and oxygen atoms in total. The lowest BCUT2D eigenvalue weighted by Gasteiger charge is -2.31. The number of rotatable bonds is 7. The summed E-state index contributed by atoms with van der Waals surface area (Å²) in [5.41, 5.74) is 0.908. The standard InChI is InChI=1S/C21H24FN3O3/c22-18-9-5-4-8-17(18)21(27)23-14-20(26)24-19(16-6-2-1-3-7-16)15-25-10-12-28-13-11-25/h1-9,19H,10-15H2,(H,23,27)(H,24,26)/t19-/m0/s1. The molecule has 1 fully saturated rings. The van der Waals surface area contributed by atoms with Crippen LogP contribution in [-0.4, -0.2) is 56.1 Å². The van der Waals surface area contributed by atoms with Crippen molar-refractivity contribution in [2.24, 2.45) is 0 Å². The average Bonchev–Trinajstić information content (AvgIpc) is 2.73. The summed E-state index contributed by atoms with van der Waals surface area (Å²) in [5, 5.41) is 5.45. The summed E-state index contributed by atoms with van der Waals surface area (Å²) in [6.45, 7) is 3.40. The summed E-state index contributed by atoms with van der Waals surface area (Å²) in [6.07, 6.45) is 0. The van der Waals surface area contributed by atoms with Crippen molar-refractivity contribution in [2.45, 2.75) is 6.04 Å². The van der Waals surface area contributed by atoms with Crippen molar-refractivity contribution < 1.29 is 18.7 Å². The third-order valence-corrected chi connectivity index (χ3v) is 4.61. The highest BCUT2D eigenvalue weighted by atomic mass is 19.1. The Morgan fingerprint density at radius 2 is 1.71 bits per heavy atom. The molecular weight excluding hydrogens is 361 g/mol. The maximum Gasteiger partial charge on any atom is 0.254 e. The summed E-state index contributed by atoms with van der Waals surface area (Å²) < 4.78 is 19.1. The molecule has 0 spiro atoms. The molecule has 0 unspecified atom stereocenters. The zero-order chi connectivity index (χ0) is 19.8.